The van der Waals surface area contributed by atoms with Crippen molar-refractivity contribution in [1.29, 1.82) is 0 Å². The molecular weight excluding hydrogens is 236 g/mol. The van der Waals surface area contributed by atoms with Gasteiger partial charge in [-0.1, -0.05) is 0 Å². The summed E-state index contributed by atoms with van der Waals surface area (Å²) in [6, 6.07) is 3.07. The van der Waals surface area contributed by atoms with Crippen LogP contribution in [0.4, 0.5) is 17.1 Å². The molecule has 0 fully saturated rings. The van der Waals surface area contributed by atoms with Crippen molar-refractivity contribution in [2.75, 3.05) is 30.8 Å². The summed E-state index contributed by atoms with van der Waals surface area (Å²) in [4.78, 5) is 21.8. The number of nitrogens with zero attached hydrogens (tertiary/aromatic N) is 1. The number of likely N-dealkylation sites (N-methyl/N-ethyl adjacent to an activating group) is 1. The van der Waals surface area contributed by atoms with Crippen LogP contribution in [0.2, 0.25) is 0 Å². The van der Waals surface area contributed by atoms with Crippen LogP contribution < -0.4 is 16.0 Å². The van der Waals surface area contributed by atoms with Gasteiger partial charge < -0.3 is 16.0 Å². The highest BCUT2D eigenvalue weighted by atomic mass is 16.6. The minimum Gasteiger partial charge on any atom is -0.378 e. The Balaban J connectivity index is 2.29. The molecule has 1 aliphatic rings. The van der Waals surface area contributed by atoms with Gasteiger partial charge in [0.15, 0.2) is 0 Å². The fourth-order valence-electron chi connectivity index (χ4n) is 1.88. The molecule has 18 heavy (non-hydrogen) atoms. The van der Waals surface area contributed by atoms with Crippen molar-refractivity contribution in [1.82, 2.24) is 5.32 Å². The first-order chi connectivity index (χ1) is 8.61. The molecule has 0 radical (unpaired) electrons. The van der Waals surface area contributed by atoms with Gasteiger partial charge in [-0.2, -0.15) is 0 Å². The summed E-state index contributed by atoms with van der Waals surface area (Å²) >= 11 is 0. The zero-order valence-corrected chi connectivity index (χ0v) is 9.95. The molecule has 1 aromatic carbocycles. The largest absolute Gasteiger partial charge is 0.378 e. The summed E-state index contributed by atoms with van der Waals surface area (Å²) in [7, 11) is 1.80. The van der Waals surface area contributed by atoms with Crippen molar-refractivity contribution in [2.45, 2.75) is 6.42 Å². The lowest BCUT2D eigenvalue weighted by molar-refractivity contribution is -0.384. The van der Waals surface area contributed by atoms with E-state index in [1.54, 1.807) is 13.1 Å². The maximum Gasteiger partial charge on any atom is 0.292 e. The predicted octanol–water partition coefficient (Wildman–Crippen LogP) is 0.721. The smallest absolute Gasteiger partial charge is 0.292 e. The number of hydrogen-bond donors (Lipinski definition) is 3. The summed E-state index contributed by atoms with van der Waals surface area (Å²) in [5, 5.41) is 19.6. The first-order valence-corrected chi connectivity index (χ1v) is 5.61. The Kier molecular flexibility index (Phi) is 3.42. The van der Waals surface area contributed by atoms with Crippen molar-refractivity contribution in [3.63, 3.8) is 0 Å². The normalized spacial score (nSPS) is 13.1. The monoisotopic (exact) mass is 250 g/mol. The average molecular weight is 250 g/mol. The molecule has 0 atom stereocenters. The lowest BCUT2D eigenvalue weighted by Gasteiger charge is -2.08. The van der Waals surface area contributed by atoms with Gasteiger partial charge in [0.25, 0.3) is 5.69 Å². The summed E-state index contributed by atoms with van der Waals surface area (Å²) < 4.78 is 0. The Hall–Kier alpha value is -2.15. The van der Waals surface area contributed by atoms with Crippen molar-refractivity contribution >= 4 is 23.0 Å². The molecule has 3 N–H and O–H groups in total. The van der Waals surface area contributed by atoms with Crippen LogP contribution >= 0.6 is 0 Å². The fourth-order valence-corrected chi connectivity index (χ4v) is 1.88. The van der Waals surface area contributed by atoms with E-state index in [0.29, 0.717) is 30.0 Å². The fraction of sp³-hybridized carbons (Fsp3) is 0.364. The molecule has 2 rings (SSSR count). The molecule has 0 saturated carbocycles. The average Bonchev–Trinajstić information content (AvgIpc) is 2.67. The van der Waals surface area contributed by atoms with E-state index in [1.807, 2.05) is 0 Å². The van der Waals surface area contributed by atoms with Crippen LogP contribution in [0.3, 0.4) is 0 Å². The number of anilines is 2. The summed E-state index contributed by atoms with van der Waals surface area (Å²) in [6.07, 6.45) is 0.201. The standard InChI is InChI=1S/C11H14N4O3/c1-12-2-3-13-9-6-8-7(5-11(16)14-8)4-10(9)15(17)18/h4,6,12-13H,2-3,5H2,1H3,(H,14,16). The second-order valence-corrected chi connectivity index (χ2v) is 4.04. The first kappa shape index (κ1) is 12.3. The predicted molar refractivity (Wildman–Crippen MR) is 67.8 cm³/mol. The Morgan fingerprint density at radius 1 is 1.44 bits per heavy atom. The zero-order chi connectivity index (χ0) is 13.1. The highest BCUT2D eigenvalue weighted by molar-refractivity contribution is 6.00. The SMILES string of the molecule is CNCCNc1cc2c(cc1[N+](=O)[O-])CC(=O)N2. The molecule has 0 aromatic heterocycles. The van der Waals surface area contributed by atoms with E-state index in [4.69, 9.17) is 0 Å². The number of hydrogen-bond acceptors (Lipinski definition) is 5. The van der Waals surface area contributed by atoms with Crippen molar-refractivity contribution < 1.29 is 9.72 Å². The van der Waals surface area contributed by atoms with Crippen molar-refractivity contribution in [3.8, 4) is 0 Å². The van der Waals surface area contributed by atoms with Crippen LogP contribution in [0.1, 0.15) is 5.56 Å². The number of nitro benzene ring substituents is 1. The minimum atomic E-state index is -0.440. The van der Waals surface area contributed by atoms with E-state index in [-0.39, 0.29) is 18.0 Å². The molecule has 0 spiro atoms. The number of nitro groups is 1. The molecular formula is C11H14N4O3. The maximum absolute atomic E-state index is 11.2. The molecule has 7 nitrogen and oxygen atoms in total. The molecule has 1 heterocycles. The number of carbonyl (C=O) groups excluding carboxylic acids is 1. The van der Waals surface area contributed by atoms with Crippen molar-refractivity contribution in [3.05, 3.63) is 27.8 Å². The van der Waals surface area contributed by atoms with Crippen LogP contribution in [0.5, 0.6) is 0 Å². The van der Waals surface area contributed by atoms with Gasteiger partial charge in [0, 0.05) is 24.8 Å². The highest BCUT2D eigenvalue weighted by Crippen LogP contribution is 2.34. The number of fused-ring (bicyclic) bond motifs is 1. The van der Waals surface area contributed by atoms with Gasteiger partial charge in [-0.15, -0.1) is 0 Å². The quantitative estimate of drug-likeness (QED) is 0.406. The Morgan fingerprint density at radius 3 is 2.89 bits per heavy atom. The van der Waals surface area contributed by atoms with Gasteiger partial charge in [0.05, 0.1) is 11.3 Å². The molecule has 96 valence electrons. The molecule has 0 unspecified atom stereocenters. The van der Waals surface area contributed by atoms with E-state index in [2.05, 4.69) is 16.0 Å². The summed E-state index contributed by atoms with van der Waals surface area (Å²) in [6.45, 7) is 1.27. The second kappa shape index (κ2) is 5.01. The maximum atomic E-state index is 11.2. The number of nitrogens with one attached hydrogen (secondary N) is 3. The Labute approximate surface area is 104 Å². The van der Waals surface area contributed by atoms with Crippen LogP contribution in [0, 0.1) is 10.1 Å². The Morgan fingerprint density at radius 2 is 2.22 bits per heavy atom. The van der Waals surface area contributed by atoms with Crippen LogP contribution in [-0.4, -0.2) is 31.0 Å². The number of rotatable bonds is 5. The van der Waals surface area contributed by atoms with Gasteiger partial charge in [-0.3, -0.25) is 14.9 Å². The third kappa shape index (κ3) is 2.40. The van der Waals surface area contributed by atoms with E-state index < -0.39 is 4.92 Å². The number of carbonyl (C=O) groups is 1. The lowest BCUT2D eigenvalue weighted by Crippen LogP contribution is -2.18. The number of amides is 1. The molecule has 0 bridgehead atoms. The highest BCUT2D eigenvalue weighted by Gasteiger charge is 2.24. The third-order valence-corrected chi connectivity index (χ3v) is 2.73. The Bertz CT molecular complexity index is 501. The lowest BCUT2D eigenvalue weighted by atomic mass is 10.1. The second-order valence-electron chi connectivity index (χ2n) is 4.04. The van der Waals surface area contributed by atoms with E-state index in [0.717, 1.165) is 0 Å². The van der Waals surface area contributed by atoms with Gasteiger partial charge >= 0.3 is 0 Å². The summed E-state index contributed by atoms with van der Waals surface area (Å²) in [5.41, 5.74) is 1.75. The van der Waals surface area contributed by atoms with Crippen LogP contribution in [-0.2, 0) is 11.2 Å². The zero-order valence-electron chi connectivity index (χ0n) is 9.95. The van der Waals surface area contributed by atoms with Crippen molar-refractivity contribution in [2.24, 2.45) is 0 Å². The van der Waals surface area contributed by atoms with Gasteiger partial charge in [0.2, 0.25) is 5.91 Å². The number of benzene rings is 1. The van der Waals surface area contributed by atoms with Gasteiger partial charge in [0.1, 0.15) is 5.69 Å². The molecule has 1 amide bonds. The molecule has 7 heteroatoms. The third-order valence-electron chi connectivity index (χ3n) is 2.73. The van der Waals surface area contributed by atoms with E-state index in [9.17, 15) is 14.9 Å². The molecule has 1 aromatic rings. The molecule has 0 saturated heterocycles. The minimum absolute atomic E-state index is 0.00125. The summed E-state index contributed by atoms with van der Waals surface area (Å²) in [5.74, 6) is -0.133. The van der Waals surface area contributed by atoms with Crippen LogP contribution in [0.15, 0.2) is 12.1 Å². The van der Waals surface area contributed by atoms with Crippen LogP contribution in [0.25, 0.3) is 0 Å². The van der Waals surface area contributed by atoms with E-state index >= 15 is 0 Å². The first-order valence-electron chi connectivity index (χ1n) is 5.61. The topological polar surface area (TPSA) is 96.3 Å². The van der Waals surface area contributed by atoms with Gasteiger partial charge in [-0.25, -0.2) is 0 Å². The van der Waals surface area contributed by atoms with Gasteiger partial charge in [-0.05, 0) is 18.7 Å². The van der Waals surface area contributed by atoms with E-state index in [1.165, 1.54) is 6.07 Å². The molecule has 1 aliphatic heterocycles. The molecule has 0 aliphatic carbocycles.